The number of nitrogens with one attached hydrogen (secondary N) is 2. The minimum Gasteiger partial charge on any atom is -0.395 e. The van der Waals surface area contributed by atoms with Crippen molar-refractivity contribution in [2.45, 2.75) is 4.90 Å². The van der Waals surface area contributed by atoms with Crippen molar-refractivity contribution in [2.75, 3.05) is 44.2 Å². The van der Waals surface area contributed by atoms with Gasteiger partial charge in [-0.05, 0) is 35.4 Å². The fourth-order valence-corrected chi connectivity index (χ4v) is 3.90. The van der Waals surface area contributed by atoms with Crippen molar-refractivity contribution < 1.29 is 13.5 Å². The van der Waals surface area contributed by atoms with Gasteiger partial charge in [0, 0.05) is 38.4 Å². The summed E-state index contributed by atoms with van der Waals surface area (Å²) in [7, 11) is -3.57. The molecule has 1 fully saturated rings. The number of aliphatic hydroxyl groups excluding tert-OH is 1. The first kappa shape index (κ1) is 17.9. The minimum absolute atomic E-state index is 0.0115. The summed E-state index contributed by atoms with van der Waals surface area (Å²) in [5, 5.41) is 12.1. The molecule has 0 aromatic heterocycles. The lowest BCUT2D eigenvalue weighted by Gasteiger charge is -2.29. The van der Waals surface area contributed by atoms with Crippen LogP contribution in [0.25, 0.3) is 11.1 Å². The molecule has 0 atom stereocenters. The first-order valence-electron chi connectivity index (χ1n) is 8.37. The monoisotopic (exact) mass is 361 g/mol. The lowest BCUT2D eigenvalue weighted by molar-refractivity contribution is 0.301. The van der Waals surface area contributed by atoms with Crippen LogP contribution in [0.5, 0.6) is 0 Å². The van der Waals surface area contributed by atoms with E-state index in [9.17, 15) is 8.42 Å². The van der Waals surface area contributed by atoms with E-state index in [0.29, 0.717) is 0 Å². The fourth-order valence-electron chi connectivity index (χ4n) is 2.88. The molecular formula is C18H23N3O3S. The molecule has 0 unspecified atom stereocenters. The second-order valence-corrected chi connectivity index (χ2v) is 7.70. The lowest BCUT2D eigenvalue weighted by Crippen LogP contribution is -2.43. The van der Waals surface area contributed by atoms with Crippen molar-refractivity contribution in [1.29, 1.82) is 0 Å². The molecule has 1 saturated heterocycles. The Morgan fingerprint density at radius 2 is 1.52 bits per heavy atom. The van der Waals surface area contributed by atoms with Crippen molar-refractivity contribution in [3.05, 3.63) is 48.5 Å². The van der Waals surface area contributed by atoms with E-state index in [-0.39, 0.29) is 18.0 Å². The van der Waals surface area contributed by atoms with Gasteiger partial charge in [0.2, 0.25) is 10.0 Å². The van der Waals surface area contributed by atoms with Crippen molar-refractivity contribution in [3.8, 4) is 11.1 Å². The van der Waals surface area contributed by atoms with Gasteiger partial charge < -0.3 is 15.3 Å². The molecule has 0 saturated carbocycles. The molecule has 3 N–H and O–H groups in total. The van der Waals surface area contributed by atoms with Gasteiger partial charge in [-0.25, -0.2) is 13.1 Å². The lowest BCUT2D eigenvalue weighted by atomic mass is 10.1. The van der Waals surface area contributed by atoms with Crippen LogP contribution in [0.1, 0.15) is 0 Å². The quantitative estimate of drug-likeness (QED) is 0.716. The fraction of sp³-hybridized carbons (Fsp3) is 0.333. The van der Waals surface area contributed by atoms with Crippen LogP contribution in [-0.2, 0) is 10.0 Å². The summed E-state index contributed by atoms with van der Waals surface area (Å²) in [5.41, 5.74) is 3.22. The van der Waals surface area contributed by atoms with Crippen molar-refractivity contribution in [3.63, 3.8) is 0 Å². The topological polar surface area (TPSA) is 81.7 Å². The Balaban J connectivity index is 1.74. The van der Waals surface area contributed by atoms with E-state index in [1.54, 1.807) is 24.3 Å². The predicted molar refractivity (Wildman–Crippen MR) is 99.2 cm³/mol. The van der Waals surface area contributed by atoms with Gasteiger partial charge >= 0.3 is 0 Å². The number of benzene rings is 2. The molecule has 0 bridgehead atoms. The third-order valence-electron chi connectivity index (χ3n) is 4.25. The zero-order valence-electron chi connectivity index (χ0n) is 14.0. The van der Waals surface area contributed by atoms with E-state index in [1.165, 1.54) is 5.69 Å². The number of nitrogens with zero attached hydrogens (tertiary/aromatic N) is 1. The Hall–Kier alpha value is -1.93. The van der Waals surface area contributed by atoms with Gasteiger partial charge in [-0.2, -0.15) is 0 Å². The molecule has 1 aliphatic heterocycles. The standard InChI is InChI=1S/C18H23N3O3S/c22-14-11-20-25(23,24)18-7-3-16(4-8-18)15-1-5-17(6-2-15)21-12-9-19-10-13-21/h1-8,19-20,22H,9-14H2. The second kappa shape index (κ2) is 7.97. The molecule has 7 heteroatoms. The number of piperazine rings is 1. The van der Waals surface area contributed by atoms with Crippen molar-refractivity contribution >= 4 is 15.7 Å². The summed E-state index contributed by atoms with van der Waals surface area (Å²) in [4.78, 5) is 2.55. The number of hydrogen-bond acceptors (Lipinski definition) is 5. The Bertz CT molecular complexity index is 783. The third-order valence-corrected chi connectivity index (χ3v) is 5.73. The summed E-state index contributed by atoms with van der Waals surface area (Å²) in [6.45, 7) is 3.80. The summed E-state index contributed by atoms with van der Waals surface area (Å²) in [6.07, 6.45) is 0. The van der Waals surface area contributed by atoms with Gasteiger partial charge in [-0.3, -0.25) is 0 Å². The van der Waals surface area contributed by atoms with Crippen LogP contribution in [0, 0.1) is 0 Å². The average molecular weight is 361 g/mol. The van der Waals surface area contributed by atoms with Gasteiger partial charge in [-0.1, -0.05) is 24.3 Å². The van der Waals surface area contributed by atoms with Crippen molar-refractivity contribution in [2.24, 2.45) is 0 Å². The molecule has 6 nitrogen and oxygen atoms in total. The van der Waals surface area contributed by atoms with E-state index < -0.39 is 10.0 Å². The Morgan fingerprint density at radius 3 is 2.08 bits per heavy atom. The molecule has 1 aliphatic rings. The number of hydrogen-bond donors (Lipinski definition) is 3. The van der Waals surface area contributed by atoms with E-state index in [4.69, 9.17) is 5.11 Å². The average Bonchev–Trinajstić information content (AvgIpc) is 2.67. The number of anilines is 1. The SMILES string of the molecule is O=S(=O)(NCCO)c1ccc(-c2ccc(N3CCNCC3)cc2)cc1. The molecule has 2 aromatic carbocycles. The predicted octanol–water partition coefficient (Wildman–Crippen LogP) is 1.03. The van der Waals surface area contributed by atoms with Crippen LogP contribution < -0.4 is 14.9 Å². The molecule has 0 radical (unpaired) electrons. The maximum Gasteiger partial charge on any atom is 0.240 e. The van der Waals surface area contributed by atoms with Gasteiger partial charge in [-0.15, -0.1) is 0 Å². The smallest absolute Gasteiger partial charge is 0.240 e. The highest BCUT2D eigenvalue weighted by atomic mass is 32.2. The summed E-state index contributed by atoms with van der Waals surface area (Å²) in [6, 6.07) is 15.1. The van der Waals surface area contributed by atoms with E-state index in [0.717, 1.165) is 37.3 Å². The Labute approximate surface area is 148 Å². The zero-order valence-corrected chi connectivity index (χ0v) is 14.8. The Kier molecular flexibility index (Phi) is 5.70. The first-order valence-corrected chi connectivity index (χ1v) is 9.85. The van der Waals surface area contributed by atoms with E-state index in [1.807, 2.05) is 0 Å². The molecule has 0 amide bonds. The zero-order chi connectivity index (χ0) is 17.7. The van der Waals surface area contributed by atoms with Gasteiger partial charge in [0.1, 0.15) is 0 Å². The molecule has 0 aliphatic carbocycles. The second-order valence-electron chi connectivity index (χ2n) is 5.93. The molecule has 1 heterocycles. The van der Waals surface area contributed by atoms with E-state index >= 15 is 0 Å². The van der Waals surface area contributed by atoms with Gasteiger partial charge in [0.25, 0.3) is 0 Å². The van der Waals surface area contributed by atoms with Crippen LogP contribution in [0.2, 0.25) is 0 Å². The van der Waals surface area contributed by atoms with Crippen molar-refractivity contribution in [1.82, 2.24) is 10.0 Å². The summed E-state index contributed by atoms with van der Waals surface area (Å²) >= 11 is 0. The van der Waals surface area contributed by atoms with Crippen LogP contribution >= 0.6 is 0 Å². The van der Waals surface area contributed by atoms with Crippen LogP contribution in [0.15, 0.2) is 53.4 Å². The number of sulfonamides is 1. The largest absolute Gasteiger partial charge is 0.395 e. The highest BCUT2D eigenvalue weighted by Gasteiger charge is 2.13. The molecule has 2 aromatic rings. The summed E-state index contributed by atoms with van der Waals surface area (Å²) < 4.78 is 26.4. The maximum absolute atomic E-state index is 12.0. The normalized spacial score (nSPS) is 15.3. The number of aliphatic hydroxyl groups is 1. The Morgan fingerprint density at radius 1 is 0.960 bits per heavy atom. The molecule has 0 spiro atoms. The molecule has 3 rings (SSSR count). The van der Waals surface area contributed by atoms with E-state index in [2.05, 4.69) is 39.2 Å². The molecule has 25 heavy (non-hydrogen) atoms. The number of rotatable bonds is 6. The maximum atomic E-state index is 12.0. The highest BCUT2D eigenvalue weighted by molar-refractivity contribution is 7.89. The molecular weight excluding hydrogens is 338 g/mol. The van der Waals surface area contributed by atoms with Gasteiger partial charge in [0.15, 0.2) is 0 Å². The van der Waals surface area contributed by atoms with Crippen LogP contribution in [0.3, 0.4) is 0 Å². The van der Waals surface area contributed by atoms with Gasteiger partial charge in [0.05, 0.1) is 11.5 Å². The van der Waals surface area contributed by atoms with Crippen LogP contribution in [-0.4, -0.2) is 52.9 Å². The van der Waals surface area contributed by atoms with Crippen LogP contribution in [0.4, 0.5) is 5.69 Å². The minimum atomic E-state index is -3.57. The molecule has 134 valence electrons. The highest BCUT2D eigenvalue weighted by Crippen LogP contribution is 2.24. The first-order chi connectivity index (χ1) is 12.1. The third kappa shape index (κ3) is 4.38. The summed E-state index contributed by atoms with van der Waals surface area (Å²) in [5.74, 6) is 0.